The predicted octanol–water partition coefficient (Wildman–Crippen LogP) is 3.30. The molecular weight excluding hydrogens is 284 g/mol. The smallest absolute Gasteiger partial charge is 0.262 e. The number of nitrogens with one attached hydrogen (secondary N) is 1. The van der Waals surface area contributed by atoms with Crippen molar-refractivity contribution in [2.24, 2.45) is 0 Å². The first-order valence-corrected chi connectivity index (χ1v) is 8.16. The fourth-order valence-electron chi connectivity index (χ4n) is 2.27. The molecule has 21 heavy (non-hydrogen) atoms. The van der Waals surface area contributed by atoms with Crippen LogP contribution in [0, 0.1) is 27.7 Å². The fraction of sp³-hybridized carbons (Fsp3) is 0.250. The maximum atomic E-state index is 12.6. The van der Waals surface area contributed by atoms with Gasteiger partial charge in [-0.3, -0.25) is 4.72 Å². The van der Waals surface area contributed by atoms with E-state index in [1.165, 1.54) is 0 Å². The van der Waals surface area contributed by atoms with Gasteiger partial charge in [-0.1, -0.05) is 12.1 Å². The highest BCUT2D eigenvalue weighted by Crippen LogP contribution is 2.27. The van der Waals surface area contributed by atoms with Gasteiger partial charge in [-0.25, -0.2) is 8.42 Å². The van der Waals surface area contributed by atoms with E-state index in [2.05, 4.69) is 4.72 Å². The lowest BCUT2D eigenvalue weighted by atomic mass is 10.1. The van der Waals surface area contributed by atoms with Gasteiger partial charge < -0.3 is 5.73 Å². The maximum absolute atomic E-state index is 12.6. The minimum absolute atomic E-state index is 0.251. The van der Waals surface area contributed by atoms with Gasteiger partial charge in [0.2, 0.25) is 0 Å². The molecule has 0 saturated carbocycles. The van der Waals surface area contributed by atoms with E-state index < -0.39 is 10.0 Å². The van der Waals surface area contributed by atoms with Crippen LogP contribution < -0.4 is 10.5 Å². The highest BCUT2D eigenvalue weighted by molar-refractivity contribution is 7.92. The number of aryl methyl sites for hydroxylation is 3. The molecule has 0 unspecified atom stereocenters. The van der Waals surface area contributed by atoms with Crippen LogP contribution in [-0.2, 0) is 10.0 Å². The molecule has 0 atom stereocenters. The molecular formula is C16H20N2O2S. The monoisotopic (exact) mass is 304 g/mol. The third-order valence-corrected chi connectivity index (χ3v) is 5.34. The number of hydrogen-bond acceptors (Lipinski definition) is 3. The van der Waals surface area contributed by atoms with Gasteiger partial charge in [0, 0.05) is 11.4 Å². The Morgan fingerprint density at radius 2 is 1.52 bits per heavy atom. The Hall–Kier alpha value is -2.01. The van der Waals surface area contributed by atoms with Crippen LogP contribution >= 0.6 is 0 Å². The molecule has 0 aliphatic carbocycles. The van der Waals surface area contributed by atoms with E-state index in [1.807, 2.05) is 26.0 Å². The van der Waals surface area contributed by atoms with E-state index in [0.717, 1.165) is 11.1 Å². The van der Waals surface area contributed by atoms with Crippen molar-refractivity contribution in [3.8, 4) is 0 Å². The molecule has 4 nitrogen and oxygen atoms in total. The molecule has 5 heteroatoms. The number of nitrogens with two attached hydrogens (primary N) is 1. The SMILES string of the molecule is Cc1ccc(NS(=O)(=O)c2c(C)ccc(N)c2C)cc1C. The third-order valence-electron chi connectivity index (χ3n) is 3.67. The molecule has 3 N–H and O–H groups in total. The normalized spacial score (nSPS) is 11.4. The Morgan fingerprint density at radius 1 is 0.905 bits per heavy atom. The molecule has 0 aliphatic rings. The zero-order valence-corrected chi connectivity index (χ0v) is 13.5. The lowest BCUT2D eigenvalue weighted by Gasteiger charge is -2.15. The van der Waals surface area contributed by atoms with Crippen molar-refractivity contribution in [1.82, 2.24) is 0 Å². The molecule has 112 valence electrons. The Balaban J connectivity index is 2.48. The second-order valence-corrected chi connectivity index (χ2v) is 6.95. The Bertz CT molecular complexity index is 796. The van der Waals surface area contributed by atoms with Crippen molar-refractivity contribution >= 4 is 21.4 Å². The van der Waals surface area contributed by atoms with E-state index in [9.17, 15) is 8.42 Å². The molecule has 0 radical (unpaired) electrons. The number of benzene rings is 2. The van der Waals surface area contributed by atoms with Crippen molar-refractivity contribution in [3.05, 3.63) is 52.6 Å². The highest BCUT2D eigenvalue weighted by Gasteiger charge is 2.21. The van der Waals surface area contributed by atoms with Crippen molar-refractivity contribution in [1.29, 1.82) is 0 Å². The summed E-state index contributed by atoms with van der Waals surface area (Å²) in [6.45, 7) is 7.42. The van der Waals surface area contributed by atoms with Gasteiger partial charge in [-0.05, 0) is 68.1 Å². The molecule has 2 rings (SSSR count). The van der Waals surface area contributed by atoms with Gasteiger partial charge in [0.1, 0.15) is 0 Å². The first kappa shape index (κ1) is 15.4. The first-order valence-electron chi connectivity index (χ1n) is 6.68. The van der Waals surface area contributed by atoms with Crippen molar-refractivity contribution in [3.63, 3.8) is 0 Å². The van der Waals surface area contributed by atoms with Crippen molar-refractivity contribution in [2.45, 2.75) is 32.6 Å². The Morgan fingerprint density at radius 3 is 2.14 bits per heavy atom. The molecule has 0 amide bonds. The summed E-state index contributed by atoms with van der Waals surface area (Å²) in [5.74, 6) is 0. The molecule has 0 aliphatic heterocycles. The highest BCUT2D eigenvalue weighted by atomic mass is 32.2. The predicted molar refractivity (Wildman–Crippen MR) is 87.1 cm³/mol. The quantitative estimate of drug-likeness (QED) is 0.855. The summed E-state index contributed by atoms with van der Waals surface area (Å²) in [4.78, 5) is 0.251. The third kappa shape index (κ3) is 3.03. The summed E-state index contributed by atoms with van der Waals surface area (Å²) >= 11 is 0. The van der Waals surface area contributed by atoms with Crippen LogP contribution in [0.15, 0.2) is 35.2 Å². The Labute approximate surface area is 126 Å². The average Bonchev–Trinajstić information content (AvgIpc) is 2.38. The molecule has 2 aromatic rings. The number of anilines is 2. The summed E-state index contributed by atoms with van der Waals surface area (Å²) in [5, 5.41) is 0. The lowest BCUT2D eigenvalue weighted by molar-refractivity contribution is 0.600. The van der Waals surface area contributed by atoms with E-state index in [-0.39, 0.29) is 4.90 Å². The number of rotatable bonds is 3. The average molecular weight is 304 g/mol. The molecule has 0 saturated heterocycles. The van der Waals surface area contributed by atoms with Gasteiger partial charge in [0.15, 0.2) is 0 Å². The Kier molecular flexibility index (Phi) is 3.96. The van der Waals surface area contributed by atoms with Crippen LogP contribution in [0.5, 0.6) is 0 Å². The number of hydrogen-bond donors (Lipinski definition) is 2. The lowest BCUT2D eigenvalue weighted by Crippen LogP contribution is -2.16. The van der Waals surface area contributed by atoms with Crippen LogP contribution in [0.25, 0.3) is 0 Å². The van der Waals surface area contributed by atoms with Crippen LogP contribution in [0.2, 0.25) is 0 Å². The zero-order valence-electron chi connectivity index (χ0n) is 12.7. The van der Waals surface area contributed by atoms with Crippen LogP contribution in [-0.4, -0.2) is 8.42 Å². The van der Waals surface area contributed by atoms with Crippen LogP contribution in [0.4, 0.5) is 11.4 Å². The molecule has 2 aromatic carbocycles. The summed E-state index contributed by atoms with van der Waals surface area (Å²) < 4.78 is 27.9. The largest absolute Gasteiger partial charge is 0.398 e. The van der Waals surface area contributed by atoms with Gasteiger partial charge in [0.25, 0.3) is 10.0 Å². The summed E-state index contributed by atoms with van der Waals surface area (Å²) in [7, 11) is -3.66. The molecule has 0 bridgehead atoms. The number of nitrogen functional groups attached to an aromatic ring is 1. The minimum atomic E-state index is -3.66. The van der Waals surface area contributed by atoms with Crippen molar-refractivity contribution < 1.29 is 8.42 Å². The molecule has 0 aromatic heterocycles. The van der Waals surface area contributed by atoms with Crippen molar-refractivity contribution in [2.75, 3.05) is 10.5 Å². The molecule has 0 spiro atoms. The van der Waals surface area contributed by atoms with E-state index in [0.29, 0.717) is 22.5 Å². The second-order valence-electron chi connectivity index (χ2n) is 5.33. The topological polar surface area (TPSA) is 72.2 Å². The standard InChI is InChI=1S/C16H20N2O2S/c1-10-5-7-14(9-12(10)3)18-21(19,20)16-11(2)6-8-15(17)13(16)4/h5-9,18H,17H2,1-4H3. The van der Waals surface area contributed by atoms with E-state index >= 15 is 0 Å². The minimum Gasteiger partial charge on any atom is -0.398 e. The molecule has 0 heterocycles. The second kappa shape index (κ2) is 5.41. The fourth-order valence-corrected chi connectivity index (χ4v) is 3.82. The van der Waals surface area contributed by atoms with Gasteiger partial charge >= 0.3 is 0 Å². The van der Waals surface area contributed by atoms with E-state index in [1.54, 1.807) is 32.0 Å². The van der Waals surface area contributed by atoms with Gasteiger partial charge in [-0.15, -0.1) is 0 Å². The maximum Gasteiger partial charge on any atom is 0.262 e. The van der Waals surface area contributed by atoms with E-state index in [4.69, 9.17) is 5.73 Å². The van der Waals surface area contributed by atoms with Crippen LogP contribution in [0.3, 0.4) is 0 Å². The zero-order chi connectivity index (χ0) is 15.8. The van der Waals surface area contributed by atoms with Gasteiger partial charge in [0.05, 0.1) is 4.90 Å². The van der Waals surface area contributed by atoms with Crippen LogP contribution in [0.1, 0.15) is 22.3 Å². The first-order chi connectivity index (χ1) is 9.72. The molecule has 0 fully saturated rings. The summed E-state index contributed by atoms with van der Waals surface area (Å²) in [6.07, 6.45) is 0. The number of sulfonamides is 1. The summed E-state index contributed by atoms with van der Waals surface area (Å²) in [6, 6.07) is 8.92. The van der Waals surface area contributed by atoms with Gasteiger partial charge in [-0.2, -0.15) is 0 Å². The summed E-state index contributed by atoms with van der Waals surface area (Å²) in [5.41, 5.74) is 10.3.